The Kier molecular flexibility index (Phi) is 27.9. The van der Waals surface area contributed by atoms with Crippen molar-refractivity contribution in [1.82, 2.24) is 49.4 Å². The first kappa shape index (κ1) is 91.5. The second-order valence-electron chi connectivity index (χ2n) is 33.4. The van der Waals surface area contributed by atoms with Crippen LogP contribution in [0.4, 0.5) is 42.0 Å². The number of aliphatic imine (C=N–C) groups is 2. The van der Waals surface area contributed by atoms with Crippen molar-refractivity contribution in [2.75, 3.05) is 49.0 Å². The molecule has 14 N–H and O–H groups in total. The molecule has 8 aliphatic rings. The van der Waals surface area contributed by atoms with Crippen molar-refractivity contribution in [1.29, 1.82) is 0 Å². The van der Waals surface area contributed by atoms with Crippen molar-refractivity contribution in [3.8, 4) is 17.3 Å². The summed E-state index contributed by atoms with van der Waals surface area (Å²) in [5.41, 5.74) is 12.0. The van der Waals surface area contributed by atoms with Gasteiger partial charge in [-0.15, -0.1) is 0 Å². The highest BCUT2D eigenvalue weighted by molar-refractivity contribution is 7.85. The Morgan fingerprint density at radius 1 is 0.576 bits per heavy atom. The summed E-state index contributed by atoms with van der Waals surface area (Å²) in [6, 6.07) is 33.7. The number of nitrogens with two attached hydrogens (primary N) is 4. The van der Waals surface area contributed by atoms with Crippen LogP contribution in [0.15, 0.2) is 144 Å². The minimum Gasteiger partial charge on any atom is -0.474 e. The van der Waals surface area contributed by atoms with Gasteiger partial charge in [-0.3, -0.25) is 21.7 Å². The van der Waals surface area contributed by atoms with Crippen LogP contribution in [0.2, 0.25) is 0 Å². The molecule has 5 aromatic heterocycles. The molecular formula is C82H100F3N19O17S4. The number of fused-ring (bicyclic) bond motifs is 5. The van der Waals surface area contributed by atoms with Gasteiger partial charge in [0.2, 0.25) is 5.88 Å². The molecule has 0 saturated heterocycles. The molecule has 6 aliphatic carbocycles. The van der Waals surface area contributed by atoms with Gasteiger partial charge >= 0.3 is 47.4 Å². The Labute approximate surface area is 721 Å². The first-order valence-electron chi connectivity index (χ1n) is 40.8. The van der Waals surface area contributed by atoms with E-state index in [0.717, 1.165) is 72.3 Å². The van der Waals surface area contributed by atoms with Crippen molar-refractivity contribution in [3.05, 3.63) is 185 Å². The Morgan fingerprint density at radius 2 is 1.10 bits per heavy atom. The topological polar surface area (TPSA) is 541 Å². The maximum absolute atomic E-state index is 13.4. The van der Waals surface area contributed by atoms with Crippen LogP contribution in [0.5, 0.6) is 5.88 Å². The lowest BCUT2D eigenvalue weighted by molar-refractivity contribution is -0.137. The molecule has 7 heterocycles. The standard InChI is InChI=1S/C22H27N5O4S.C22H29N3O5S.C19H20F3N5O4S.C19H24N6O4S/c23-32(29,30)31-11-14-8-15(9-20(14)28)26-22-21-19(24-12-25-22)10-18(27-21)17-7-3-5-13-4-1-2-6-16(13)17;1-22(2)11-14(18-5-3-4-6-19(18)22)7-16-9-21(25-13-24-16)30-17-8-15(20(26)10-17)12-29-31(23,27)28;20-19(21,22)13-4-2-1-3-12(13)14-7-15-17(27-14)18(25-9-24-15)26-11-5-10(16(28)6-11)8-31-32(23,29)30;1-24(14-8-13(15(26)9-14)10-29-30(20,27)28)18-16-19(22-11-21-18)25(2)17(23-16)12-6-4-3-5-7-12/h1-2,4,6,12,14-15,17,20,28H,3,5,7-11H2,(H2,23,29,30)(H,24,25,26);3-6,9,13-15,17,20,26H,7-8,10-12H2,1-2H3,(H2,23,27,28);1-4,9-11,16,28H,5-8H2,(H2,23,29,30)(H,24,25,26);3-7,11,13-15,26H,8-10H2,1-2H3,(H2,20,27,28)/t14-,15+,17?,20-;14-,15-,17+,20-;10-,11+,16-;13-,14+,15-/m0000/s1. The van der Waals surface area contributed by atoms with E-state index >= 15 is 0 Å². The molecule has 670 valence electrons. The summed E-state index contributed by atoms with van der Waals surface area (Å²) >= 11 is 0. The SMILES string of the molecule is CC1(C)C[C@H](Cc2cc(O[C@@H]3C[C@@H](COS(N)(=O)=O)[C@@H](O)C3)ncn2)c2ccccc21.CN(c1ncnc2c1nc(-c1ccccc1)n2C)[C@@H]1C[C@@H](COS(N)(=O)=O)[C@@H](O)C1.NS(=O)(=O)OC[C@@H]1C[C@@H](Nc2ncnc3c2N=C(C2CCCc4ccccc42)C3)C[C@@H]1O.NS(=O)(=O)OC[C@@H]1C[C@@H](Nc2ncnc3c2N=C(c2ccccc2C(F)(F)F)C3)C[C@@H]1O. The maximum Gasteiger partial charge on any atom is 0.417 e. The number of halogens is 3. The molecule has 9 aromatic rings. The molecule has 1 unspecified atom stereocenters. The number of benzene rings is 4. The highest BCUT2D eigenvalue weighted by Crippen LogP contribution is 2.48. The van der Waals surface area contributed by atoms with E-state index < -0.39 is 83.3 Å². The van der Waals surface area contributed by atoms with Crippen LogP contribution in [0, 0.1) is 23.7 Å². The molecular weight excluding hydrogens is 1710 g/mol. The van der Waals surface area contributed by atoms with E-state index in [-0.39, 0.29) is 91.5 Å². The van der Waals surface area contributed by atoms with Gasteiger partial charge in [0.1, 0.15) is 48.6 Å². The molecule has 2 aliphatic heterocycles. The summed E-state index contributed by atoms with van der Waals surface area (Å²) in [6.45, 7) is 3.86. The van der Waals surface area contributed by atoms with Crippen molar-refractivity contribution in [3.63, 3.8) is 0 Å². The van der Waals surface area contributed by atoms with Crippen LogP contribution in [-0.4, -0.2) is 197 Å². The van der Waals surface area contributed by atoms with E-state index in [1.807, 2.05) is 60.0 Å². The van der Waals surface area contributed by atoms with E-state index in [1.165, 1.54) is 59.4 Å². The Balaban J connectivity index is 0.000000135. The largest absolute Gasteiger partial charge is 0.474 e. The Hall–Kier alpha value is -9.68. The minimum absolute atomic E-state index is 0.0135. The number of aryl methyl sites for hydroxylation is 2. The maximum atomic E-state index is 13.4. The summed E-state index contributed by atoms with van der Waals surface area (Å²) < 4.78 is 155. The zero-order chi connectivity index (χ0) is 89.1. The third-order valence-corrected chi connectivity index (χ3v) is 26.1. The van der Waals surface area contributed by atoms with Gasteiger partial charge in [0.15, 0.2) is 28.6 Å². The van der Waals surface area contributed by atoms with Crippen LogP contribution in [0.1, 0.15) is 147 Å². The zero-order valence-corrected chi connectivity index (χ0v) is 72.0. The molecule has 4 fully saturated rings. The first-order chi connectivity index (χ1) is 59.2. The lowest BCUT2D eigenvalue weighted by Crippen LogP contribution is -2.31. The molecule has 0 bridgehead atoms. The van der Waals surface area contributed by atoms with Gasteiger partial charge in [-0.05, 0) is 117 Å². The zero-order valence-electron chi connectivity index (χ0n) is 68.7. The predicted molar refractivity (Wildman–Crippen MR) is 455 cm³/mol. The number of ether oxygens (including phenoxy) is 1. The van der Waals surface area contributed by atoms with Gasteiger partial charge in [0.05, 0.1) is 73.5 Å². The molecule has 4 saturated carbocycles. The fraction of sp³-hybridized carbons (Fsp3) is 0.476. The number of hydrogen-bond acceptors (Lipinski definition) is 31. The number of nitrogens with zero attached hydrogens (tertiary/aromatic N) is 13. The number of rotatable bonds is 25. The Bertz CT molecular complexity index is 5930. The molecule has 43 heteroatoms. The molecule has 0 radical (unpaired) electrons. The van der Waals surface area contributed by atoms with Crippen LogP contribution in [-0.2, 0) is 102 Å². The van der Waals surface area contributed by atoms with E-state index in [1.54, 1.807) is 6.33 Å². The van der Waals surface area contributed by atoms with E-state index in [4.69, 9.17) is 35.3 Å². The molecule has 125 heavy (non-hydrogen) atoms. The third kappa shape index (κ3) is 23.0. The van der Waals surface area contributed by atoms with E-state index in [0.29, 0.717) is 116 Å². The van der Waals surface area contributed by atoms with Gasteiger partial charge in [-0.25, -0.2) is 70.4 Å². The number of anilines is 3. The average molecular weight is 1810 g/mol. The summed E-state index contributed by atoms with van der Waals surface area (Å²) in [5, 5.41) is 67.1. The molecule has 36 nitrogen and oxygen atoms in total. The highest BCUT2D eigenvalue weighted by atomic mass is 32.2. The van der Waals surface area contributed by atoms with E-state index in [2.05, 4.69) is 135 Å². The van der Waals surface area contributed by atoms with Crippen molar-refractivity contribution in [2.45, 2.75) is 182 Å². The van der Waals surface area contributed by atoms with Crippen LogP contribution >= 0.6 is 0 Å². The van der Waals surface area contributed by atoms with E-state index in [9.17, 15) is 67.3 Å². The number of aliphatic hydroxyl groups excluding tert-OH is 4. The first-order valence-corrected chi connectivity index (χ1v) is 46.7. The lowest BCUT2D eigenvalue weighted by atomic mass is 9.79. The van der Waals surface area contributed by atoms with Gasteiger partial charge in [-0.1, -0.05) is 111 Å². The fourth-order valence-electron chi connectivity index (χ4n) is 18.2. The average Bonchev–Trinajstić information content (AvgIpc) is 1.63. The van der Waals surface area contributed by atoms with Crippen LogP contribution in [0.3, 0.4) is 0 Å². The van der Waals surface area contributed by atoms with Crippen LogP contribution in [0.25, 0.3) is 22.6 Å². The molecule has 0 amide bonds. The molecule has 17 rings (SSSR count). The van der Waals surface area contributed by atoms with Crippen molar-refractivity contribution >= 4 is 92.6 Å². The lowest BCUT2D eigenvalue weighted by Gasteiger charge is -2.25. The quantitative estimate of drug-likeness (QED) is 0.0275. The second kappa shape index (κ2) is 38.1. The fourth-order valence-corrected chi connectivity index (χ4v) is 19.7. The summed E-state index contributed by atoms with van der Waals surface area (Å²) in [6.07, 6.45) is 7.69. The number of alkyl halides is 3. The second-order valence-corrected chi connectivity index (χ2v) is 38.3. The molecule has 0 spiro atoms. The monoisotopic (exact) mass is 1810 g/mol. The number of hydrogen-bond donors (Lipinski definition) is 10. The number of imidazole rings is 1. The van der Waals surface area contributed by atoms with Gasteiger partial charge < -0.3 is 45.3 Å². The minimum atomic E-state index is -4.52. The van der Waals surface area contributed by atoms with Gasteiger partial charge in [0.25, 0.3) is 0 Å². The Morgan fingerprint density at radius 3 is 1.73 bits per heavy atom. The van der Waals surface area contributed by atoms with Gasteiger partial charge in [-0.2, -0.15) is 46.8 Å². The third-order valence-electron chi connectivity index (χ3n) is 24.2. The summed E-state index contributed by atoms with van der Waals surface area (Å²) in [5.74, 6) is 2.10. The smallest absolute Gasteiger partial charge is 0.417 e. The predicted octanol–water partition coefficient (Wildman–Crippen LogP) is 6.99. The van der Waals surface area contributed by atoms with Crippen molar-refractivity contribution < 1.29 is 88.7 Å². The summed E-state index contributed by atoms with van der Waals surface area (Å²) in [4.78, 5) is 50.8. The summed E-state index contributed by atoms with van der Waals surface area (Å²) in [7, 11) is -12.4. The number of aliphatic hydroxyl groups is 4. The number of aromatic nitrogens is 10. The van der Waals surface area contributed by atoms with Crippen LogP contribution < -0.4 is 40.8 Å². The van der Waals surface area contributed by atoms with Crippen molar-refractivity contribution in [2.24, 2.45) is 61.3 Å². The number of nitrogens with one attached hydrogen (secondary N) is 2. The normalized spacial score (nSPS) is 24.9. The molecule has 14 atom stereocenters. The highest BCUT2D eigenvalue weighted by Gasteiger charge is 2.43. The molecule has 4 aromatic carbocycles. The van der Waals surface area contributed by atoms with Gasteiger partial charge in [0, 0.05) is 110 Å².